The summed E-state index contributed by atoms with van der Waals surface area (Å²) < 4.78 is 6.75. The van der Waals surface area contributed by atoms with Crippen molar-refractivity contribution in [3.63, 3.8) is 0 Å². The average Bonchev–Trinajstić information content (AvgIpc) is 2.41. The predicted molar refractivity (Wildman–Crippen MR) is 83.1 cm³/mol. The summed E-state index contributed by atoms with van der Waals surface area (Å²) in [6.45, 7) is 0.583. The Morgan fingerprint density at radius 1 is 0.947 bits per heavy atom. The van der Waals surface area contributed by atoms with Gasteiger partial charge in [0, 0.05) is 5.56 Å². The van der Waals surface area contributed by atoms with Crippen molar-refractivity contribution >= 4 is 27.6 Å². The second-order valence-corrected chi connectivity index (χ2v) is 5.19. The van der Waals surface area contributed by atoms with Crippen molar-refractivity contribution in [2.45, 2.75) is 0 Å². The lowest BCUT2D eigenvalue weighted by Crippen LogP contribution is -1.99. The molecule has 0 saturated carbocycles. The highest BCUT2D eigenvalue weighted by Gasteiger charge is 2.09. The molecule has 3 rings (SSSR count). The van der Waals surface area contributed by atoms with Gasteiger partial charge in [-0.1, -0.05) is 48.5 Å². The van der Waals surface area contributed by atoms with Crippen LogP contribution in [0.5, 0.6) is 5.75 Å². The van der Waals surface area contributed by atoms with Crippen LogP contribution in [-0.4, -0.2) is 6.61 Å². The highest BCUT2D eigenvalue weighted by Crippen LogP contribution is 2.33. The third kappa shape index (κ3) is 2.64. The third-order valence-electron chi connectivity index (χ3n) is 3.04. The van der Waals surface area contributed by atoms with Gasteiger partial charge in [-0.15, -0.1) is 0 Å². The second-order valence-electron chi connectivity index (χ2n) is 4.34. The van der Waals surface area contributed by atoms with Crippen LogP contribution in [0.4, 0.5) is 0 Å². The van der Waals surface area contributed by atoms with E-state index in [0.717, 1.165) is 15.8 Å². The molecule has 1 aliphatic rings. The van der Waals surface area contributed by atoms with Gasteiger partial charge in [0.15, 0.2) is 0 Å². The summed E-state index contributed by atoms with van der Waals surface area (Å²) in [4.78, 5) is 0. The van der Waals surface area contributed by atoms with Gasteiger partial charge >= 0.3 is 0 Å². The van der Waals surface area contributed by atoms with Crippen LogP contribution in [0.2, 0.25) is 0 Å². The molecular formula is C17H13BrO. The Labute approximate surface area is 121 Å². The summed E-state index contributed by atoms with van der Waals surface area (Å²) in [7, 11) is 0. The Hall–Kier alpha value is -1.80. The predicted octanol–water partition coefficient (Wildman–Crippen LogP) is 4.94. The maximum absolute atomic E-state index is 5.77. The quantitative estimate of drug-likeness (QED) is 0.725. The molecule has 19 heavy (non-hydrogen) atoms. The summed E-state index contributed by atoms with van der Waals surface area (Å²) in [6, 6.07) is 16.5. The van der Waals surface area contributed by atoms with E-state index in [1.807, 2.05) is 24.3 Å². The van der Waals surface area contributed by atoms with Crippen LogP contribution in [-0.2, 0) is 0 Å². The van der Waals surface area contributed by atoms with Crippen molar-refractivity contribution in [3.05, 3.63) is 76.3 Å². The summed E-state index contributed by atoms with van der Waals surface area (Å²) >= 11 is 3.54. The Morgan fingerprint density at radius 3 is 2.63 bits per heavy atom. The fraction of sp³-hybridized carbons (Fsp3) is 0.0588. The van der Waals surface area contributed by atoms with E-state index >= 15 is 0 Å². The maximum atomic E-state index is 5.77. The number of allylic oxidation sites excluding steroid dienone is 2. The Morgan fingerprint density at radius 2 is 1.79 bits per heavy atom. The van der Waals surface area contributed by atoms with Crippen LogP contribution >= 0.6 is 15.9 Å². The zero-order valence-electron chi connectivity index (χ0n) is 10.3. The molecule has 0 fully saturated rings. The number of fused-ring (bicyclic) bond motifs is 1. The van der Waals surface area contributed by atoms with Gasteiger partial charge in [0.1, 0.15) is 12.4 Å². The van der Waals surface area contributed by atoms with E-state index in [1.54, 1.807) is 0 Å². The molecule has 0 aromatic heterocycles. The van der Waals surface area contributed by atoms with Gasteiger partial charge in [-0.05, 0) is 45.3 Å². The zero-order valence-corrected chi connectivity index (χ0v) is 11.9. The van der Waals surface area contributed by atoms with Crippen molar-refractivity contribution in [1.82, 2.24) is 0 Å². The van der Waals surface area contributed by atoms with E-state index in [0.29, 0.717) is 6.61 Å². The van der Waals surface area contributed by atoms with Crippen LogP contribution in [0, 0.1) is 0 Å². The molecule has 0 atom stereocenters. The molecule has 0 radical (unpaired) electrons. The maximum Gasteiger partial charge on any atom is 0.141 e. The topological polar surface area (TPSA) is 9.23 Å². The molecule has 94 valence electrons. The summed E-state index contributed by atoms with van der Waals surface area (Å²) in [5.74, 6) is 0.903. The number of benzene rings is 2. The first-order valence-corrected chi connectivity index (χ1v) is 6.99. The smallest absolute Gasteiger partial charge is 0.141 e. The number of ether oxygens (including phenoxy) is 1. The molecule has 1 heterocycles. The highest BCUT2D eigenvalue weighted by atomic mass is 79.9. The van der Waals surface area contributed by atoms with Gasteiger partial charge in [-0.3, -0.25) is 0 Å². The minimum absolute atomic E-state index is 0.583. The van der Waals surface area contributed by atoms with Crippen LogP contribution in [0.25, 0.3) is 11.6 Å². The lowest BCUT2D eigenvalue weighted by molar-refractivity contribution is 0.359. The van der Waals surface area contributed by atoms with Gasteiger partial charge < -0.3 is 4.74 Å². The minimum Gasteiger partial charge on any atom is -0.488 e. The molecule has 1 aliphatic heterocycles. The Bertz CT molecular complexity index is 642. The minimum atomic E-state index is 0.583. The molecule has 0 amide bonds. The van der Waals surface area contributed by atoms with E-state index in [4.69, 9.17) is 4.74 Å². The molecule has 1 nitrogen and oxygen atoms in total. The van der Waals surface area contributed by atoms with Crippen molar-refractivity contribution in [3.8, 4) is 5.75 Å². The normalized spacial score (nSPS) is 18.3. The number of rotatable bonds is 1. The third-order valence-corrected chi connectivity index (χ3v) is 3.66. The van der Waals surface area contributed by atoms with Gasteiger partial charge in [0.2, 0.25) is 0 Å². The van der Waals surface area contributed by atoms with Crippen molar-refractivity contribution in [1.29, 1.82) is 0 Å². The molecule has 2 aromatic rings. The molecule has 0 bridgehead atoms. The zero-order chi connectivity index (χ0) is 13.1. The molecular weight excluding hydrogens is 300 g/mol. The summed E-state index contributed by atoms with van der Waals surface area (Å²) in [5.41, 5.74) is 3.51. The average molecular weight is 313 g/mol. The van der Waals surface area contributed by atoms with E-state index in [1.165, 1.54) is 11.1 Å². The SMILES string of the molecule is Brc1cccc2c1OC/C=C\C(c1ccccc1)=C/2. The first-order valence-electron chi connectivity index (χ1n) is 6.19. The van der Waals surface area contributed by atoms with Crippen LogP contribution < -0.4 is 4.74 Å². The monoisotopic (exact) mass is 312 g/mol. The first-order chi connectivity index (χ1) is 9.34. The van der Waals surface area contributed by atoms with E-state index < -0.39 is 0 Å². The molecule has 0 unspecified atom stereocenters. The largest absolute Gasteiger partial charge is 0.488 e. The number of hydrogen-bond donors (Lipinski definition) is 0. The van der Waals surface area contributed by atoms with E-state index in [2.05, 4.69) is 58.4 Å². The fourth-order valence-electron chi connectivity index (χ4n) is 2.12. The van der Waals surface area contributed by atoms with Crippen LogP contribution in [0.1, 0.15) is 11.1 Å². The summed E-state index contributed by atoms with van der Waals surface area (Å²) in [6.07, 6.45) is 6.31. The lowest BCUT2D eigenvalue weighted by atomic mass is 10.0. The first kappa shape index (κ1) is 12.2. The van der Waals surface area contributed by atoms with Gasteiger partial charge in [0.05, 0.1) is 4.47 Å². The molecule has 2 aromatic carbocycles. The van der Waals surface area contributed by atoms with Gasteiger partial charge in [-0.2, -0.15) is 0 Å². The van der Waals surface area contributed by atoms with Crippen molar-refractivity contribution in [2.75, 3.05) is 6.61 Å². The van der Waals surface area contributed by atoms with Crippen molar-refractivity contribution < 1.29 is 4.74 Å². The number of hydrogen-bond acceptors (Lipinski definition) is 1. The molecule has 0 saturated heterocycles. The number of halogens is 1. The molecule has 0 aliphatic carbocycles. The summed E-state index contributed by atoms with van der Waals surface area (Å²) in [5, 5.41) is 0. The van der Waals surface area contributed by atoms with Crippen molar-refractivity contribution in [2.24, 2.45) is 0 Å². The molecule has 0 spiro atoms. The van der Waals surface area contributed by atoms with Crippen LogP contribution in [0.15, 0.2) is 65.2 Å². The van der Waals surface area contributed by atoms with E-state index in [9.17, 15) is 0 Å². The standard InChI is InChI=1S/C17H13BrO/c18-16-10-4-8-15-12-14(9-5-11-19-17(15)16)13-6-2-1-3-7-13/h1-10,12H,11H2/b9-5-,14-12+. The molecule has 2 heteroatoms. The lowest BCUT2D eigenvalue weighted by Gasteiger charge is -2.13. The molecule has 0 N–H and O–H groups in total. The van der Waals surface area contributed by atoms with Gasteiger partial charge in [-0.25, -0.2) is 0 Å². The van der Waals surface area contributed by atoms with E-state index in [-0.39, 0.29) is 0 Å². The highest BCUT2D eigenvalue weighted by molar-refractivity contribution is 9.10. The van der Waals surface area contributed by atoms with Crippen LogP contribution in [0.3, 0.4) is 0 Å². The second kappa shape index (κ2) is 5.45. The fourth-order valence-corrected chi connectivity index (χ4v) is 2.62. The Balaban J connectivity index is 2.13. The van der Waals surface area contributed by atoms with Gasteiger partial charge in [0.25, 0.3) is 0 Å². The Kier molecular flexibility index (Phi) is 3.51. The number of para-hydroxylation sites is 1.